The lowest BCUT2D eigenvalue weighted by atomic mass is 10.1. The van der Waals surface area contributed by atoms with Gasteiger partial charge in [0.2, 0.25) is 0 Å². The molecule has 0 aliphatic carbocycles. The third kappa shape index (κ3) is 4.35. The van der Waals surface area contributed by atoms with Crippen LogP contribution in [-0.2, 0) is 11.3 Å². The number of quaternary nitrogens is 2. The molecule has 1 saturated heterocycles. The maximum atomic E-state index is 12.2. The molecule has 6 nitrogen and oxygen atoms in total. The van der Waals surface area contributed by atoms with Crippen LogP contribution in [0.25, 0.3) is 10.9 Å². The summed E-state index contributed by atoms with van der Waals surface area (Å²) < 4.78 is 10.6. The summed E-state index contributed by atoms with van der Waals surface area (Å²) in [5.74, 6) is 0.753. The number of H-pyrrole nitrogens is 1. The Morgan fingerprint density at radius 1 is 1.29 bits per heavy atom. The normalized spacial score (nSPS) is 15.7. The molecule has 0 bridgehead atoms. The predicted molar refractivity (Wildman–Crippen MR) is 92.6 cm³/mol. The summed E-state index contributed by atoms with van der Waals surface area (Å²) in [6.45, 7) is 6.96. The standard InChI is InChI=1S/C18H25N3O3/c1-23-16-4-3-14-11-15(18(22)20-17(14)12-16)13-19-5-2-6-21-7-9-24-10-8-21/h3-4,11-12,19H,2,5-10,13H2,1H3,(H,20,22)/p+2. The molecule has 130 valence electrons. The molecule has 3 rings (SSSR count). The van der Waals surface area contributed by atoms with Gasteiger partial charge in [0.1, 0.15) is 25.4 Å². The number of fused-ring (bicyclic) bond motifs is 1. The van der Waals surface area contributed by atoms with Gasteiger partial charge in [0.15, 0.2) is 0 Å². The van der Waals surface area contributed by atoms with E-state index in [2.05, 4.69) is 10.3 Å². The molecule has 0 atom stereocenters. The molecule has 1 fully saturated rings. The van der Waals surface area contributed by atoms with E-state index in [0.717, 1.165) is 68.0 Å². The number of benzene rings is 1. The first-order chi connectivity index (χ1) is 11.8. The van der Waals surface area contributed by atoms with Gasteiger partial charge in [-0.05, 0) is 23.6 Å². The van der Waals surface area contributed by atoms with Gasteiger partial charge >= 0.3 is 0 Å². The van der Waals surface area contributed by atoms with E-state index in [0.29, 0.717) is 0 Å². The molecule has 0 saturated carbocycles. The van der Waals surface area contributed by atoms with Crippen molar-refractivity contribution in [2.75, 3.05) is 46.5 Å². The van der Waals surface area contributed by atoms with Crippen molar-refractivity contribution in [3.05, 3.63) is 40.2 Å². The Labute approximate surface area is 141 Å². The van der Waals surface area contributed by atoms with Crippen LogP contribution < -0.4 is 20.5 Å². The van der Waals surface area contributed by atoms with Crippen LogP contribution in [0.2, 0.25) is 0 Å². The quantitative estimate of drug-likeness (QED) is 0.564. The Balaban J connectivity index is 1.51. The second-order valence-electron chi connectivity index (χ2n) is 6.32. The van der Waals surface area contributed by atoms with Gasteiger partial charge in [-0.25, -0.2) is 0 Å². The molecule has 6 heteroatoms. The first-order valence-electron chi connectivity index (χ1n) is 8.69. The molecule has 0 unspecified atom stereocenters. The van der Waals surface area contributed by atoms with Crippen LogP contribution in [0.1, 0.15) is 12.0 Å². The maximum Gasteiger partial charge on any atom is 0.257 e. The molecule has 0 spiro atoms. The fraction of sp³-hybridized carbons (Fsp3) is 0.500. The van der Waals surface area contributed by atoms with Crippen molar-refractivity contribution in [2.45, 2.75) is 13.0 Å². The van der Waals surface area contributed by atoms with Crippen LogP contribution in [0.4, 0.5) is 0 Å². The third-order valence-electron chi connectivity index (χ3n) is 4.63. The summed E-state index contributed by atoms with van der Waals surface area (Å²) in [6.07, 6.45) is 1.16. The smallest absolute Gasteiger partial charge is 0.257 e. The summed E-state index contributed by atoms with van der Waals surface area (Å²) in [7, 11) is 1.63. The highest BCUT2D eigenvalue weighted by Crippen LogP contribution is 2.18. The number of pyridine rings is 1. The summed E-state index contributed by atoms with van der Waals surface area (Å²) in [4.78, 5) is 16.8. The van der Waals surface area contributed by atoms with Crippen LogP contribution in [0.5, 0.6) is 5.75 Å². The molecule has 1 aliphatic rings. The monoisotopic (exact) mass is 333 g/mol. The second kappa shape index (κ2) is 8.28. The first-order valence-corrected chi connectivity index (χ1v) is 8.69. The minimum atomic E-state index is -0.00851. The van der Waals surface area contributed by atoms with Crippen LogP contribution >= 0.6 is 0 Å². The van der Waals surface area contributed by atoms with Gasteiger partial charge in [0, 0.05) is 12.5 Å². The lowest BCUT2D eigenvalue weighted by molar-refractivity contribution is -0.909. The molecule has 0 radical (unpaired) electrons. The number of hydrogen-bond donors (Lipinski definition) is 3. The molecule has 4 N–H and O–H groups in total. The Kier molecular flexibility index (Phi) is 5.85. The highest BCUT2D eigenvalue weighted by atomic mass is 16.5. The molecule has 2 aromatic rings. The number of rotatable bonds is 7. The molecular weight excluding hydrogens is 306 g/mol. The minimum absolute atomic E-state index is 0.00851. The average Bonchev–Trinajstić information content (AvgIpc) is 2.62. The zero-order valence-corrected chi connectivity index (χ0v) is 14.3. The number of nitrogens with one attached hydrogen (secondary N) is 2. The van der Waals surface area contributed by atoms with Crippen LogP contribution in [0, 0.1) is 0 Å². The van der Waals surface area contributed by atoms with E-state index >= 15 is 0 Å². The molecule has 1 aliphatic heterocycles. The fourth-order valence-electron chi connectivity index (χ4n) is 3.17. The van der Waals surface area contributed by atoms with Crippen LogP contribution in [0.3, 0.4) is 0 Å². The van der Waals surface area contributed by atoms with Crippen molar-refractivity contribution in [1.29, 1.82) is 0 Å². The topological polar surface area (TPSA) is 72.4 Å². The number of nitrogens with two attached hydrogens (primary N) is 1. The number of aromatic amines is 1. The van der Waals surface area contributed by atoms with E-state index in [1.54, 1.807) is 12.0 Å². The van der Waals surface area contributed by atoms with Crippen LogP contribution in [-0.4, -0.2) is 51.5 Å². The van der Waals surface area contributed by atoms with Crippen molar-refractivity contribution >= 4 is 10.9 Å². The Hall–Kier alpha value is -1.89. The van der Waals surface area contributed by atoms with E-state index in [9.17, 15) is 4.79 Å². The Morgan fingerprint density at radius 2 is 2.12 bits per heavy atom. The van der Waals surface area contributed by atoms with Gasteiger partial charge < -0.3 is 24.7 Å². The highest BCUT2D eigenvalue weighted by Gasteiger charge is 2.13. The van der Waals surface area contributed by atoms with E-state index in [4.69, 9.17) is 9.47 Å². The zero-order valence-electron chi connectivity index (χ0n) is 14.3. The molecular formula is C18H27N3O3+2. The second-order valence-corrected chi connectivity index (χ2v) is 6.32. The summed E-state index contributed by atoms with van der Waals surface area (Å²) in [5, 5.41) is 3.26. The maximum absolute atomic E-state index is 12.2. The van der Waals surface area contributed by atoms with Gasteiger partial charge in [0.05, 0.1) is 44.5 Å². The third-order valence-corrected chi connectivity index (χ3v) is 4.63. The predicted octanol–water partition coefficient (Wildman–Crippen LogP) is -1.09. The zero-order chi connectivity index (χ0) is 16.8. The van der Waals surface area contributed by atoms with Gasteiger partial charge in [-0.3, -0.25) is 4.79 Å². The first kappa shape index (κ1) is 17.0. The molecule has 1 aromatic heterocycles. The van der Waals surface area contributed by atoms with Gasteiger partial charge in [0.25, 0.3) is 5.56 Å². The number of morpholine rings is 1. The molecule has 24 heavy (non-hydrogen) atoms. The highest BCUT2D eigenvalue weighted by molar-refractivity contribution is 5.80. The van der Waals surface area contributed by atoms with E-state index in [-0.39, 0.29) is 5.56 Å². The molecule has 0 amide bonds. The minimum Gasteiger partial charge on any atom is -0.497 e. The SMILES string of the molecule is COc1ccc2cc(C[NH2+]CCC[NH+]3CCOCC3)c(=O)[nH]c2c1. The van der Waals surface area contributed by atoms with E-state index < -0.39 is 0 Å². The Morgan fingerprint density at radius 3 is 2.92 bits per heavy atom. The number of hydrogen-bond acceptors (Lipinski definition) is 3. The average molecular weight is 333 g/mol. The summed E-state index contributed by atoms with van der Waals surface area (Å²) >= 11 is 0. The van der Waals surface area contributed by atoms with Crippen molar-refractivity contribution in [2.24, 2.45) is 0 Å². The van der Waals surface area contributed by atoms with E-state index in [1.807, 2.05) is 24.3 Å². The van der Waals surface area contributed by atoms with Gasteiger partial charge in [-0.2, -0.15) is 0 Å². The Bertz CT molecular complexity index is 723. The molecule has 1 aromatic carbocycles. The van der Waals surface area contributed by atoms with Crippen molar-refractivity contribution < 1.29 is 19.7 Å². The van der Waals surface area contributed by atoms with Crippen molar-refractivity contribution in [1.82, 2.24) is 4.98 Å². The summed E-state index contributed by atoms with van der Waals surface area (Å²) in [6, 6.07) is 7.74. The largest absolute Gasteiger partial charge is 0.497 e. The van der Waals surface area contributed by atoms with Crippen molar-refractivity contribution in [3.8, 4) is 5.75 Å². The van der Waals surface area contributed by atoms with Gasteiger partial charge in [-0.1, -0.05) is 0 Å². The fourth-order valence-corrected chi connectivity index (χ4v) is 3.17. The lowest BCUT2D eigenvalue weighted by Gasteiger charge is -2.23. The summed E-state index contributed by atoms with van der Waals surface area (Å²) in [5.41, 5.74) is 1.64. The van der Waals surface area contributed by atoms with Gasteiger partial charge in [-0.15, -0.1) is 0 Å². The lowest BCUT2D eigenvalue weighted by Crippen LogP contribution is -3.14. The van der Waals surface area contributed by atoms with Crippen LogP contribution in [0.15, 0.2) is 29.1 Å². The van der Waals surface area contributed by atoms with Crippen molar-refractivity contribution in [3.63, 3.8) is 0 Å². The number of aromatic nitrogens is 1. The van der Waals surface area contributed by atoms with E-state index in [1.165, 1.54) is 6.54 Å². The number of methoxy groups -OCH3 is 1. The molecule has 2 heterocycles. The number of ether oxygens (including phenoxy) is 2.